The Bertz CT molecular complexity index is 1180. The largest absolute Gasteiger partial charge is 0.306 e. The van der Waals surface area contributed by atoms with Crippen LogP contribution in [-0.2, 0) is 0 Å². The van der Waals surface area contributed by atoms with Gasteiger partial charge in [0.1, 0.15) is 22.3 Å². The van der Waals surface area contributed by atoms with Crippen LogP contribution in [0, 0.1) is 18.6 Å². The first-order valence-corrected chi connectivity index (χ1v) is 8.89. The fourth-order valence-electron chi connectivity index (χ4n) is 2.93. The van der Waals surface area contributed by atoms with Crippen LogP contribution in [0.2, 0.25) is 5.02 Å². The van der Waals surface area contributed by atoms with Gasteiger partial charge in [0.05, 0.1) is 10.9 Å². The third-order valence-corrected chi connectivity index (χ3v) is 5.32. The lowest BCUT2D eigenvalue weighted by molar-refractivity contribution is 0.587. The highest BCUT2D eigenvalue weighted by molar-refractivity contribution is 7.19. The summed E-state index contributed by atoms with van der Waals surface area (Å²) >= 11 is 7.24. The average molecular weight is 389 g/mol. The molecule has 0 spiro atoms. The molecule has 1 N–H and O–H groups in total. The zero-order valence-electron chi connectivity index (χ0n) is 13.4. The van der Waals surface area contributed by atoms with E-state index in [1.807, 2.05) is 19.1 Å². The molecule has 0 bridgehead atoms. The molecule has 0 atom stereocenters. The van der Waals surface area contributed by atoms with Crippen molar-refractivity contribution in [3.63, 3.8) is 0 Å². The van der Waals surface area contributed by atoms with Gasteiger partial charge in [-0.2, -0.15) is 0 Å². The third-order valence-electron chi connectivity index (χ3n) is 4.07. The van der Waals surface area contributed by atoms with Crippen molar-refractivity contribution in [3.05, 3.63) is 74.4 Å². The molecule has 0 unspecified atom stereocenters. The molecule has 7 heteroatoms. The summed E-state index contributed by atoms with van der Waals surface area (Å²) in [6.07, 6.45) is 0. The highest BCUT2D eigenvalue weighted by atomic mass is 35.5. The smallest absolute Gasteiger partial charge is 0.260 e. The summed E-state index contributed by atoms with van der Waals surface area (Å²) in [6.45, 7) is 1.87. The van der Waals surface area contributed by atoms with Gasteiger partial charge in [0.2, 0.25) is 0 Å². The van der Waals surface area contributed by atoms with Crippen LogP contribution < -0.4 is 5.56 Å². The van der Waals surface area contributed by atoms with E-state index in [0.717, 1.165) is 28.1 Å². The maximum atomic E-state index is 14.0. The number of H-pyrrole nitrogens is 1. The lowest BCUT2D eigenvalue weighted by Crippen LogP contribution is -2.10. The van der Waals surface area contributed by atoms with Crippen molar-refractivity contribution in [2.24, 2.45) is 0 Å². The Balaban J connectivity index is 1.99. The first kappa shape index (κ1) is 16.9. The predicted octanol–water partition coefficient (Wildman–Crippen LogP) is 5.56. The van der Waals surface area contributed by atoms with Gasteiger partial charge in [0, 0.05) is 15.5 Å². The van der Waals surface area contributed by atoms with Gasteiger partial charge >= 0.3 is 0 Å². The first-order valence-electron chi connectivity index (χ1n) is 7.69. The maximum Gasteiger partial charge on any atom is 0.260 e. The molecule has 0 aliphatic carbocycles. The molecule has 0 saturated carbocycles. The minimum atomic E-state index is -0.779. The number of aromatic nitrogens is 2. The second-order valence-electron chi connectivity index (χ2n) is 5.73. The lowest BCUT2D eigenvalue weighted by atomic mass is 10.0. The number of halogens is 3. The van der Waals surface area contributed by atoms with Crippen molar-refractivity contribution in [1.29, 1.82) is 0 Å². The van der Waals surface area contributed by atoms with Crippen LogP contribution in [-0.4, -0.2) is 9.97 Å². The number of aryl methyl sites for hydroxylation is 1. The van der Waals surface area contributed by atoms with Crippen molar-refractivity contribution in [2.75, 3.05) is 0 Å². The molecule has 2 aromatic heterocycles. The average Bonchev–Trinajstić information content (AvgIpc) is 2.92. The van der Waals surface area contributed by atoms with Gasteiger partial charge < -0.3 is 4.98 Å². The topological polar surface area (TPSA) is 45.8 Å². The number of aromatic amines is 1. The van der Waals surface area contributed by atoms with Crippen LogP contribution in [0.4, 0.5) is 8.78 Å². The Morgan fingerprint density at radius 1 is 1.04 bits per heavy atom. The monoisotopic (exact) mass is 388 g/mol. The van der Waals surface area contributed by atoms with Crippen LogP contribution >= 0.6 is 22.9 Å². The van der Waals surface area contributed by atoms with E-state index in [2.05, 4.69) is 9.97 Å². The van der Waals surface area contributed by atoms with Gasteiger partial charge in [-0.1, -0.05) is 29.8 Å². The number of fused-ring (bicyclic) bond motifs is 1. The van der Waals surface area contributed by atoms with Crippen LogP contribution in [0.3, 0.4) is 0 Å². The fourth-order valence-corrected chi connectivity index (χ4v) is 4.10. The van der Waals surface area contributed by atoms with E-state index < -0.39 is 17.2 Å². The van der Waals surface area contributed by atoms with E-state index >= 15 is 0 Å². The fraction of sp³-hybridized carbons (Fsp3) is 0.0526. The quantitative estimate of drug-likeness (QED) is 0.488. The number of nitrogens with zero attached hydrogens (tertiary/aromatic N) is 1. The minimum Gasteiger partial charge on any atom is -0.306 e. The molecule has 0 radical (unpaired) electrons. The van der Waals surface area contributed by atoms with E-state index in [4.69, 9.17) is 11.6 Å². The molecule has 4 rings (SSSR count). The van der Waals surface area contributed by atoms with Crippen LogP contribution in [0.5, 0.6) is 0 Å². The number of benzene rings is 2. The van der Waals surface area contributed by atoms with Crippen molar-refractivity contribution < 1.29 is 8.78 Å². The minimum absolute atomic E-state index is 0.123. The Hall–Kier alpha value is -2.57. The van der Waals surface area contributed by atoms with E-state index in [9.17, 15) is 13.6 Å². The van der Waals surface area contributed by atoms with Crippen LogP contribution in [0.25, 0.3) is 32.7 Å². The van der Waals surface area contributed by atoms with E-state index in [-0.39, 0.29) is 11.4 Å². The molecular formula is C19H11ClF2N2OS. The van der Waals surface area contributed by atoms with Gasteiger partial charge in [0.15, 0.2) is 0 Å². The lowest BCUT2D eigenvalue weighted by Gasteiger charge is -2.05. The van der Waals surface area contributed by atoms with E-state index in [1.54, 1.807) is 12.1 Å². The summed E-state index contributed by atoms with van der Waals surface area (Å²) in [5, 5.41) is 0.991. The first-order chi connectivity index (χ1) is 12.5. The number of thiophene rings is 1. The van der Waals surface area contributed by atoms with Crippen molar-refractivity contribution >= 4 is 33.2 Å². The highest BCUT2D eigenvalue weighted by Crippen LogP contribution is 2.36. The number of nitrogens with one attached hydrogen (secondary N) is 1. The number of hydrogen-bond acceptors (Lipinski definition) is 3. The molecule has 0 aliphatic rings. The zero-order valence-corrected chi connectivity index (χ0v) is 15.0. The maximum absolute atomic E-state index is 14.0. The van der Waals surface area contributed by atoms with Crippen molar-refractivity contribution in [2.45, 2.75) is 6.92 Å². The van der Waals surface area contributed by atoms with Crippen molar-refractivity contribution in [3.8, 4) is 22.5 Å². The summed E-state index contributed by atoms with van der Waals surface area (Å²) in [5.41, 5.74) is 0.791. The standard InChI is InChI=1S/C19H11ClF2N2OS/c1-9-14(10-5-7-11(20)8-6-10)16-18(25)23-17(24-19(16)26-9)15-12(21)3-2-4-13(15)22/h2-8H,1H3,(H,23,24,25). The van der Waals surface area contributed by atoms with Crippen molar-refractivity contribution in [1.82, 2.24) is 9.97 Å². The number of hydrogen-bond donors (Lipinski definition) is 1. The molecule has 0 saturated heterocycles. The summed E-state index contributed by atoms with van der Waals surface area (Å²) in [4.78, 5) is 20.8. The van der Waals surface area contributed by atoms with E-state index in [1.165, 1.54) is 17.4 Å². The Kier molecular flexibility index (Phi) is 4.09. The van der Waals surface area contributed by atoms with Gasteiger partial charge in [-0.05, 0) is 36.8 Å². The summed E-state index contributed by atoms with van der Waals surface area (Å²) in [6, 6.07) is 10.6. The molecule has 130 valence electrons. The third kappa shape index (κ3) is 2.71. The molecule has 4 aromatic rings. The normalized spacial score (nSPS) is 11.2. The van der Waals surface area contributed by atoms with Gasteiger partial charge in [-0.3, -0.25) is 4.79 Å². The second kappa shape index (κ2) is 6.30. The number of rotatable bonds is 2. The van der Waals surface area contributed by atoms with Gasteiger partial charge in [-0.15, -0.1) is 11.3 Å². The molecule has 2 heterocycles. The molecule has 0 fully saturated rings. The Labute approximate surface area is 155 Å². The predicted molar refractivity (Wildman–Crippen MR) is 101 cm³/mol. The molecule has 3 nitrogen and oxygen atoms in total. The molecule has 0 amide bonds. The summed E-state index contributed by atoms with van der Waals surface area (Å²) < 4.78 is 28.1. The van der Waals surface area contributed by atoms with Gasteiger partial charge in [-0.25, -0.2) is 13.8 Å². The second-order valence-corrected chi connectivity index (χ2v) is 7.37. The Morgan fingerprint density at radius 3 is 2.35 bits per heavy atom. The molecule has 26 heavy (non-hydrogen) atoms. The SMILES string of the molecule is Cc1sc2nc(-c3c(F)cccc3F)[nH]c(=O)c2c1-c1ccc(Cl)cc1. The summed E-state index contributed by atoms with van der Waals surface area (Å²) in [5.74, 6) is -1.68. The Morgan fingerprint density at radius 2 is 1.69 bits per heavy atom. The molecule has 0 aliphatic heterocycles. The van der Waals surface area contributed by atoms with Crippen LogP contribution in [0.1, 0.15) is 4.88 Å². The highest BCUT2D eigenvalue weighted by Gasteiger charge is 2.19. The summed E-state index contributed by atoms with van der Waals surface area (Å²) in [7, 11) is 0. The van der Waals surface area contributed by atoms with E-state index in [0.29, 0.717) is 15.2 Å². The van der Waals surface area contributed by atoms with Crippen LogP contribution in [0.15, 0.2) is 47.3 Å². The zero-order chi connectivity index (χ0) is 18.4. The molecule has 2 aromatic carbocycles. The molecular weight excluding hydrogens is 378 g/mol. The van der Waals surface area contributed by atoms with Gasteiger partial charge in [0.25, 0.3) is 5.56 Å².